The van der Waals surface area contributed by atoms with Crippen molar-refractivity contribution in [2.24, 2.45) is 0 Å². The smallest absolute Gasteiger partial charge is 0.161 e. The Morgan fingerprint density at radius 3 is 1.57 bits per heavy atom. The molecular formula is C34H32N8O2. The lowest BCUT2D eigenvalue weighted by molar-refractivity contribution is 0.313. The van der Waals surface area contributed by atoms with Crippen molar-refractivity contribution >= 4 is 38.8 Å². The predicted molar refractivity (Wildman–Crippen MR) is 175 cm³/mol. The highest BCUT2D eigenvalue weighted by Crippen LogP contribution is 2.33. The third kappa shape index (κ3) is 4.60. The molecule has 3 aromatic heterocycles. The van der Waals surface area contributed by atoms with Crippen molar-refractivity contribution in [3.05, 3.63) is 72.8 Å². The molecule has 4 heterocycles. The summed E-state index contributed by atoms with van der Waals surface area (Å²) in [4.78, 5) is 29.9. The maximum Gasteiger partial charge on any atom is 0.161 e. The Hall–Kier alpha value is -5.35. The number of methoxy groups -OCH3 is 2. The van der Waals surface area contributed by atoms with E-state index in [9.17, 15) is 0 Å². The van der Waals surface area contributed by atoms with Gasteiger partial charge in [-0.15, -0.1) is 0 Å². The van der Waals surface area contributed by atoms with Crippen LogP contribution < -0.4 is 14.4 Å². The molecule has 0 spiro atoms. The molecule has 10 nitrogen and oxygen atoms in total. The van der Waals surface area contributed by atoms with Crippen molar-refractivity contribution in [2.75, 3.05) is 52.3 Å². The summed E-state index contributed by atoms with van der Waals surface area (Å²) in [5.41, 5.74) is 9.78. The zero-order chi connectivity index (χ0) is 29.8. The first-order valence-corrected chi connectivity index (χ1v) is 14.7. The molecule has 1 fully saturated rings. The zero-order valence-corrected chi connectivity index (χ0v) is 24.8. The topological polar surface area (TPSA) is 111 Å². The van der Waals surface area contributed by atoms with Gasteiger partial charge in [0.05, 0.1) is 47.3 Å². The highest BCUT2D eigenvalue weighted by molar-refractivity contribution is 5.89. The van der Waals surface area contributed by atoms with Crippen LogP contribution in [0.5, 0.6) is 11.5 Å². The van der Waals surface area contributed by atoms with E-state index in [1.807, 2.05) is 36.4 Å². The number of likely N-dealkylation sites (N-methyl/N-ethyl adjacent to an activating group) is 1. The molecule has 0 saturated carbocycles. The third-order valence-corrected chi connectivity index (χ3v) is 8.50. The molecule has 0 amide bonds. The molecule has 1 saturated heterocycles. The van der Waals surface area contributed by atoms with E-state index in [1.54, 1.807) is 14.2 Å². The number of hydrogen-bond acceptors (Lipinski definition) is 7. The Kier molecular flexibility index (Phi) is 6.23. The van der Waals surface area contributed by atoms with Gasteiger partial charge in [-0.1, -0.05) is 0 Å². The number of H-pyrrole nitrogens is 3. The molecule has 0 bridgehead atoms. The first kappa shape index (κ1) is 26.3. The second kappa shape index (κ2) is 10.4. The van der Waals surface area contributed by atoms with Crippen LogP contribution in [0.3, 0.4) is 0 Å². The fourth-order valence-electron chi connectivity index (χ4n) is 5.97. The van der Waals surface area contributed by atoms with E-state index in [0.717, 1.165) is 93.4 Å². The zero-order valence-electron chi connectivity index (χ0n) is 24.8. The van der Waals surface area contributed by atoms with Crippen LogP contribution >= 0.6 is 0 Å². The maximum atomic E-state index is 5.47. The van der Waals surface area contributed by atoms with Crippen molar-refractivity contribution < 1.29 is 9.47 Å². The number of rotatable bonds is 6. The van der Waals surface area contributed by atoms with Crippen molar-refractivity contribution in [3.8, 4) is 45.7 Å². The number of imidazole rings is 3. The quantitative estimate of drug-likeness (QED) is 0.217. The second-order valence-electron chi connectivity index (χ2n) is 11.3. The summed E-state index contributed by atoms with van der Waals surface area (Å²) in [5.74, 6) is 3.73. The number of fused-ring (bicyclic) bond motifs is 3. The van der Waals surface area contributed by atoms with Gasteiger partial charge in [0.15, 0.2) is 11.5 Å². The Morgan fingerprint density at radius 1 is 0.545 bits per heavy atom. The van der Waals surface area contributed by atoms with Crippen LogP contribution in [0, 0.1) is 0 Å². The fourth-order valence-corrected chi connectivity index (χ4v) is 5.97. The first-order chi connectivity index (χ1) is 21.5. The number of nitrogens with one attached hydrogen (secondary N) is 3. The molecule has 8 rings (SSSR count). The van der Waals surface area contributed by atoms with E-state index in [-0.39, 0.29) is 0 Å². The summed E-state index contributed by atoms with van der Waals surface area (Å²) in [7, 11) is 5.43. The summed E-state index contributed by atoms with van der Waals surface area (Å²) < 4.78 is 10.8. The Labute approximate surface area is 253 Å². The van der Waals surface area contributed by atoms with Crippen molar-refractivity contribution in [1.29, 1.82) is 0 Å². The Balaban J connectivity index is 1.08. The highest BCUT2D eigenvalue weighted by Gasteiger charge is 2.16. The summed E-state index contributed by atoms with van der Waals surface area (Å²) in [6, 6.07) is 24.6. The molecule has 0 aliphatic carbocycles. The molecule has 1 aliphatic heterocycles. The maximum absolute atomic E-state index is 5.47. The number of nitrogens with zero attached hydrogens (tertiary/aromatic N) is 5. The van der Waals surface area contributed by atoms with Crippen molar-refractivity contribution in [2.45, 2.75) is 0 Å². The number of hydrogen-bond donors (Lipinski definition) is 3. The van der Waals surface area contributed by atoms with Gasteiger partial charge in [-0.2, -0.15) is 0 Å². The van der Waals surface area contributed by atoms with Gasteiger partial charge in [-0.3, -0.25) is 0 Å². The van der Waals surface area contributed by atoms with Crippen LogP contribution in [0.2, 0.25) is 0 Å². The van der Waals surface area contributed by atoms with E-state index in [4.69, 9.17) is 24.4 Å². The largest absolute Gasteiger partial charge is 0.493 e. The number of anilines is 1. The summed E-state index contributed by atoms with van der Waals surface area (Å²) in [6.07, 6.45) is 0. The highest BCUT2D eigenvalue weighted by atomic mass is 16.5. The predicted octanol–water partition coefficient (Wildman–Crippen LogP) is 6.09. The van der Waals surface area contributed by atoms with Crippen LogP contribution in [0.4, 0.5) is 5.69 Å². The number of ether oxygens (including phenoxy) is 2. The molecule has 0 atom stereocenters. The molecule has 3 N–H and O–H groups in total. The molecule has 0 unspecified atom stereocenters. The Bertz CT molecular complexity index is 2150. The summed E-state index contributed by atoms with van der Waals surface area (Å²) in [6.45, 7) is 4.23. The van der Waals surface area contributed by atoms with Crippen molar-refractivity contribution in [3.63, 3.8) is 0 Å². The third-order valence-electron chi connectivity index (χ3n) is 8.50. The minimum absolute atomic E-state index is 0.658. The molecule has 10 heteroatoms. The van der Waals surface area contributed by atoms with Gasteiger partial charge >= 0.3 is 0 Å². The van der Waals surface area contributed by atoms with Gasteiger partial charge in [-0.25, -0.2) is 15.0 Å². The van der Waals surface area contributed by atoms with E-state index < -0.39 is 0 Å². The lowest BCUT2D eigenvalue weighted by Gasteiger charge is -2.34. The molecule has 0 radical (unpaired) electrons. The molecule has 7 aromatic rings. The molecular weight excluding hydrogens is 552 g/mol. The molecule has 220 valence electrons. The van der Waals surface area contributed by atoms with Crippen LogP contribution in [-0.4, -0.2) is 82.3 Å². The SMILES string of the molecule is COc1ccc(-c2nc3ccc(-c4nc5ccc(-c6nc7ccc(N8CCN(C)CC8)cc7[nH]6)cc5[nH]4)cc3[nH]2)cc1OC. The number of aromatic nitrogens is 6. The minimum Gasteiger partial charge on any atom is -0.493 e. The molecule has 1 aliphatic rings. The summed E-state index contributed by atoms with van der Waals surface area (Å²) in [5, 5.41) is 0. The van der Waals surface area contributed by atoms with Gasteiger partial charge in [0.25, 0.3) is 0 Å². The fraction of sp³-hybridized carbons (Fsp3) is 0.206. The van der Waals surface area contributed by atoms with Crippen LogP contribution in [0.15, 0.2) is 72.8 Å². The number of aromatic amines is 3. The lowest BCUT2D eigenvalue weighted by atomic mass is 10.2. The van der Waals surface area contributed by atoms with Crippen molar-refractivity contribution in [1.82, 2.24) is 34.8 Å². The average molecular weight is 585 g/mol. The van der Waals surface area contributed by atoms with Crippen LogP contribution in [0.1, 0.15) is 0 Å². The number of piperazine rings is 1. The molecule has 44 heavy (non-hydrogen) atoms. The number of benzene rings is 4. The standard InChI is InChI=1S/C34H32N8O2/c1-41-12-14-42(15-13-41)23-7-10-26-29(19-23)40-33(37-26)21-5-8-24-27(17-21)38-32(35-24)20-4-9-25-28(16-20)39-34(36-25)22-6-11-30(43-2)31(18-22)44-3/h4-11,16-19H,12-15H2,1-3H3,(H,35,38)(H,36,39)(H,37,40). The summed E-state index contributed by atoms with van der Waals surface area (Å²) >= 11 is 0. The van der Waals surface area contributed by atoms with E-state index in [2.05, 4.69) is 68.2 Å². The van der Waals surface area contributed by atoms with Crippen LogP contribution in [0.25, 0.3) is 67.3 Å². The average Bonchev–Trinajstić information content (AvgIpc) is 3.80. The van der Waals surface area contributed by atoms with E-state index >= 15 is 0 Å². The molecule has 4 aromatic carbocycles. The van der Waals surface area contributed by atoms with Gasteiger partial charge in [0.1, 0.15) is 17.5 Å². The van der Waals surface area contributed by atoms with E-state index in [1.165, 1.54) is 5.69 Å². The monoisotopic (exact) mass is 584 g/mol. The van der Waals surface area contributed by atoms with E-state index in [0.29, 0.717) is 11.5 Å². The van der Waals surface area contributed by atoms with Gasteiger partial charge in [0, 0.05) is 48.6 Å². The lowest BCUT2D eigenvalue weighted by Crippen LogP contribution is -2.44. The van der Waals surface area contributed by atoms with Gasteiger partial charge < -0.3 is 34.2 Å². The second-order valence-corrected chi connectivity index (χ2v) is 11.3. The van der Waals surface area contributed by atoms with Gasteiger partial charge in [-0.05, 0) is 79.8 Å². The normalized spacial score (nSPS) is 14.2. The van der Waals surface area contributed by atoms with Gasteiger partial charge in [0.2, 0.25) is 0 Å². The minimum atomic E-state index is 0.658. The Morgan fingerprint density at radius 2 is 1.02 bits per heavy atom. The van der Waals surface area contributed by atoms with Crippen LogP contribution in [-0.2, 0) is 0 Å². The first-order valence-electron chi connectivity index (χ1n) is 14.7.